The average Bonchev–Trinajstić information content (AvgIpc) is 2.58. The molecule has 1 aromatic heterocycles. The summed E-state index contributed by atoms with van der Waals surface area (Å²) in [6, 6.07) is 8.04. The fraction of sp³-hybridized carbons (Fsp3) is 0.188. The van der Waals surface area contributed by atoms with Crippen LogP contribution in [-0.4, -0.2) is 30.8 Å². The van der Waals surface area contributed by atoms with E-state index in [-0.39, 0.29) is 6.61 Å². The fourth-order valence-electron chi connectivity index (χ4n) is 1.83. The van der Waals surface area contributed by atoms with Crippen LogP contribution in [0, 0.1) is 0 Å². The quantitative estimate of drug-likeness (QED) is 0.797. The molecule has 0 aliphatic rings. The lowest BCUT2D eigenvalue weighted by molar-refractivity contribution is 0.0600. The third kappa shape index (κ3) is 4.60. The largest absolute Gasteiger partial charge is 0.465 e. The molecule has 0 aliphatic carbocycles. The van der Waals surface area contributed by atoms with E-state index in [1.54, 1.807) is 37.3 Å². The zero-order chi connectivity index (χ0) is 17.5. The average molecular weight is 350 g/mol. The van der Waals surface area contributed by atoms with Crippen LogP contribution >= 0.6 is 11.6 Å². The number of esters is 1. The maximum absolute atomic E-state index is 11.6. The summed E-state index contributed by atoms with van der Waals surface area (Å²) in [7, 11) is 1.31. The Balaban J connectivity index is 2.11. The molecule has 0 atom stereocenters. The van der Waals surface area contributed by atoms with E-state index in [2.05, 4.69) is 20.4 Å². The van der Waals surface area contributed by atoms with Crippen molar-refractivity contribution >= 4 is 40.9 Å². The monoisotopic (exact) mass is 349 g/mol. The van der Waals surface area contributed by atoms with Gasteiger partial charge in [0.15, 0.2) is 0 Å². The van der Waals surface area contributed by atoms with Crippen LogP contribution in [-0.2, 0) is 9.47 Å². The number of aromatic nitrogens is 1. The number of pyridine rings is 1. The number of hydrogen-bond donors (Lipinski definition) is 2. The summed E-state index contributed by atoms with van der Waals surface area (Å²) < 4.78 is 9.46. The Bertz CT molecular complexity index is 735. The van der Waals surface area contributed by atoms with Gasteiger partial charge in [0.2, 0.25) is 0 Å². The molecule has 7 nitrogen and oxygen atoms in total. The first-order valence-corrected chi connectivity index (χ1v) is 7.46. The summed E-state index contributed by atoms with van der Waals surface area (Å²) >= 11 is 6.11. The molecule has 2 aromatic rings. The zero-order valence-corrected chi connectivity index (χ0v) is 13.9. The number of hydrogen-bond acceptors (Lipinski definition) is 6. The fourth-order valence-corrected chi connectivity index (χ4v) is 2.00. The lowest BCUT2D eigenvalue weighted by atomic mass is 10.2. The van der Waals surface area contributed by atoms with Gasteiger partial charge in [-0.3, -0.25) is 5.32 Å². The van der Waals surface area contributed by atoms with Crippen LogP contribution in [0.15, 0.2) is 36.5 Å². The molecule has 0 aliphatic heterocycles. The van der Waals surface area contributed by atoms with Crippen molar-refractivity contribution in [3.63, 3.8) is 0 Å². The van der Waals surface area contributed by atoms with Crippen molar-refractivity contribution in [2.75, 3.05) is 24.4 Å². The Morgan fingerprint density at radius 1 is 1.25 bits per heavy atom. The van der Waals surface area contributed by atoms with Crippen molar-refractivity contribution in [3.8, 4) is 0 Å². The number of amides is 1. The van der Waals surface area contributed by atoms with E-state index in [9.17, 15) is 9.59 Å². The summed E-state index contributed by atoms with van der Waals surface area (Å²) in [5.74, 6) is 0.0324. The summed E-state index contributed by atoms with van der Waals surface area (Å²) in [4.78, 5) is 27.1. The van der Waals surface area contributed by atoms with Crippen LogP contribution in [0.2, 0.25) is 5.02 Å². The molecule has 2 N–H and O–H groups in total. The minimum Gasteiger partial charge on any atom is -0.465 e. The highest BCUT2D eigenvalue weighted by Crippen LogP contribution is 2.26. The molecule has 0 radical (unpaired) electrons. The molecule has 0 fully saturated rings. The molecule has 0 saturated carbocycles. The second-order valence-corrected chi connectivity index (χ2v) is 5.00. The molecular formula is C16H16ClN3O4. The van der Waals surface area contributed by atoms with E-state index in [1.807, 2.05) is 0 Å². The maximum Gasteiger partial charge on any atom is 0.411 e. The van der Waals surface area contributed by atoms with Crippen LogP contribution in [0.3, 0.4) is 0 Å². The molecule has 0 bridgehead atoms. The third-order valence-corrected chi connectivity index (χ3v) is 3.27. The number of nitrogens with zero attached hydrogens (tertiary/aromatic N) is 1. The van der Waals surface area contributed by atoms with Crippen molar-refractivity contribution in [3.05, 3.63) is 47.1 Å². The molecular weight excluding hydrogens is 334 g/mol. The van der Waals surface area contributed by atoms with Gasteiger partial charge in [0.1, 0.15) is 5.82 Å². The predicted molar refractivity (Wildman–Crippen MR) is 91.0 cm³/mol. The summed E-state index contributed by atoms with van der Waals surface area (Å²) in [6.07, 6.45) is 0.922. The molecule has 0 unspecified atom stereocenters. The van der Waals surface area contributed by atoms with Crippen LogP contribution in [0.1, 0.15) is 17.3 Å². The normalized spacial score (nSPS) is 9.96. The highest BCUT2D eigenvalue weighted by atomic mass is 35.5. The third-order valence-electron chi connectivity index (χ3n) is 2.94. The molecule has 2 rings (SSSR count). The summed E-state index contributed by atoms with van der Waals surface area (Å²) in [5, 5.41) is 5.97. The number of methoxy groups -OCH3 is 1. The van der Waals surface area contributed by atoms with E-state index in [4.69, 9.17) is 16.3 Å². The molecule has 126 valence electrons. The lowest BCUT2D eigenvalue weighted by Crippen LogP contribution is -2.13. The van der Waals surface area contributed by atoms with Gasteiger partial charge in [0, 0.05) is 0 Å². The van der Waals surface area contributed by atoms with Gasteiger partial charge >= 0.3 is 12.1 Å². The Morgan fingerprint density at radius 2 is 2.04 bits per heavy atom. The first-order valence-electron chi connectivity index (χ1n) is 7.08. The minimum absolute atomic E-state index is 0.286. The maximum atomic E-state index is 11.6. The molecule has 1 aromatic carbocycles. The molecule has 24 heavy (non-hydrogen) atoms. The molecule has 0 spiro atoms. The Hall–Kier alpha value is -2.80. The number of halogens is 1. The van der Waals surface area contributed by atoms with Gasteiger partial charge in [-0.15, -0.1) is 0 Å². The SMILES string of the molecule is CCOC(=O)Nc1ccc(Nc2cc(C(=O)OC)ccc2Cl)nc1. The van der Waals surface area contributed by atoms with Gasteiger partial charge in [0.05, 0.1) is 41.9 Å². The van der Waals surface area contributed by atoms with Gasteiger partial charge in [0.25, 0.3) is 0 Å². The minimum atomic E-state index is -0.547. The standard InChI is InChI=1S/C16H16ClN3O4/c1-3-24-16(22)19-11-5-7-14(18-9-11)20-13-8-10(15(21)23-2)4-6-12(13)17/h4-9H,3H2,1-2H3,(H,18,20)(H,19,22). The van der Waals surface area contributed by atoms with Crippen molar-refractivity contribution < 1.29 is 19.1 Å². The first-order chi connectivity index (χ1) is 11.5. The van der Waals surface area contributed by atoms with Crippen molar-refractivity contribution in [1.29, 1.82) is 0 Å². The highest BCUT2D eigenvalue weighted by molar-refractivity contribution is 6.33. The van der Waals surface area contributed by atoms with Crippen LogP contribution in [0.4, 0.5) is 22.0 Å². The van der Waals surface area contributed by atoms with Crippen LogP contribution < -0.4 is 10.6 Å². The number of carbonyl (C=O) groups is 2. The second-order valence-electron chi connectivity index (χ2n) is 4.59. The Morgan fingerprint density at radius 3 is 2.67 bits per heavy atom. The molecule has 1 amide bonds. The van der Waals surface area contributed by atoms with Gasteiger partial charge in [-0.25, -0.2) is 14.6 Å². The van der Waals surface area contributed by atoms with Crippen molar-refractivity contribution in [2.45, 2.75) is 6.92 Å². The Kier molecular flexibility index (Phi) is 5.97. The van der Waals surface area contributed by atoms with E-state index in [0.29, 0.717) is 27.8 Å². The van der Waals surface area contributed by atoms with Gasteiger partial charge in [-0.2, -0.15) is 0 Å². The number of benzene rings is 1. The predicted octanol–water partition coefficient (Wildman–Crippen LogP) is 3.83. The smallest absolute Gasteiger partial charge is 0.411 e. The summed E-state index contributed by atoms with van der Waals surface area (Å²) in [5.41, 5.74) is 1.37. The van der Waals surface area contributed by atoms with E-state index < -0.39 is 12.1 Å². The van der Waals surface area contributed by atoms with Gasteiger partial charge in [-0.1, -0.05) is 11.6 Å². The Labute approximate surface area is 143 Å². The second kappa shape index (κ2) is 8.16. The lowest BCUT2D eigenvalue weighted by Gasteiger charge is -2.10. The van der Waals surface area contributed by atoms with E-state index in [0.717, 1.165) is 0 Å². The number of anilines is 3. The first kappa shape index (κ1) is 17.6. The van der Waals surface area contributed by atoms with E-state index >= 15 is 0 Å². The van der Waals surface area contributed by atoms with Gasteiger partial charge < -0.3 is 14.8 Å². The van der Waals surface area contributed by atoms with Gasteiger partial charge in [-0.05, 0) is 37.3 Å². The van der Waals surface area contributed by atoms with Crippen molar-refractivity contribution in [1.82, 2.24) is 4.98 Å². The number of ether oxygens (including phenoxy) is 2. The molecule has 0 saturated heterocycles. The number of nitrogens with one attached hydrogen (secondary N) is 2. The highest BCUT2D eigenvalue weighted by Gasteiger charge is 2.10. The topological polar surface area (TPSA) is 89.6 Å². The number of rotatable bonds is 5. The number of carbonyl (C=O) groups excluding carboxylic acids is 2. The van der Waals surface area contributed by atoms with Crippen molar-refractivity contribution in [2.24, 2.45) is 0 Å². The molecule has 8 heteroatoms. The summed E-state index contributed by atoms with van der Waals surface area (Å²) in [6.45, 7) is 2.00. The van der Waals surface area contributed by atoms with Crippen LogP contribution in [0.25, 0.3) is 0 Å². The van der Waals surface area contributed by atoms with Crippen LogP contribution in [0.5, 0.6) is 0 Å². The van der Waals surface area contributed by atoms with E-state index in [1.165, 1.54) is 13.3 Å². The molecule has 1 heterocycles. The zero-order valence-electron chi connectivity index (χ0n) is 13.1.